The molecule has 0 unspecified atom stereocenters. The molecule has 2 aromatic rings. The van der Waals surface area contributed by atoms with E-state index in [4.69, 9.17) is 11.6 Å². The summed E-state index contributed by atoms with van der Waals surface area (Å²) in [4.78, 5) is 28.0. The summed E-state index contributed by atoms with van der Waals surface area (Å²) in [5, 5.41) is 6.34. The van der Waals surface area contributed by atoms with E-state index in [9.17, 15) is 9.59 Å². The average molecular weight is 337 g/mol. The van der Waals surface area contributed by atoms with Crippen LogP contribution in [0.5, 0.6) is 0 Å². The van der Waals surface area contributed by atoms with Gasteiger partial charge in [-0.2, -0.15) is 0 Å². The van der Waals surface area contributed by atoms with Crippen LogP contribution in [-0.4, -0.2) is 23.2 Å². The lowest BCUT2D eigenvalue weighted by Gasteiger charge is -2.04. The zero-order valence-electron chi connectivity index (χ0n) is 12.3. The van der Waals surface area contributed by atoms with E-state index < -0.39 is 0 Å². The Bertz CT molecular complexity index is 670. The number of nitrogens with one attached hydrogen (secondary N) is 1. The fraction of sp³-hybridized carbons (Fsp3) is 0.312. The molecular weight excluding hydrogens is 320 g/mol. The molecule has 0 bridgehead atoms. The number of Topliss-reactive ketones (excluding diaryl/α,β-unsaturated/α-hetero) is 1. The number of carbonyl (C=O) groups excluding carboxylic acids is 2. The normalized spacial score (nSPS) is 10.5. The van der Waals surface area contributed by atoms with Crippen molar-refractivity contribution in [2.45, 2.75) is 26.2 Å². The summed E-state index contributed by atoms with van der Waals surface area (Å²) in [6, 6.07) is 6.76. The second kappa shape index (κ2) is 8.06. The molecule has 22 heavy (non-hydrogen) atoms. The Kier molecular flexibility index (Phi) is 6.10. The van der Waals surface area contributed by atoms with Crippen LogP contribution in [0.15, 0.2) is 29.6 Å². The van der Waals surface area contributed by atoms with E-state index in [0.29, 0.717) is 23.6 Å². The van der Waals surface area contributed by atoms with Crippen LogP contribution >= 0.6 is 22.9 Å². The SMILES string of the molecule is Cc1nc(CCNC(=O)CCC(=O)c2cccc(Cl)c2)cs1. The predicted octanol–water partition coefficient (Wildman–Crippen LogP) is 3.43. The van der Waals surface area contributed by atoms with Crippen molar-refractivity contribution in [3.05, 3.63) is 50.9 Å². The number of aromatic nitrogens is 1. The van der Waals surface area contributed by atoms with Gasteiger partial charge in [-0.25, -0.2) is 4.98 Å². The molecule has 0 saturated carbocycles. The van der Waals surface area contributed by atoms with Gasteiger partial charge in [-0.05, 0) is 19.1 Å². The molecule has 0 radical (unpaired) electrons. The van der Waals surface area contributed by atoms with E-state index in [2.05, 4.69) is 10.3 Å². The van der Waals surface area contributed by atoms with Crippen molar-refractivity contribution in [3.63, 3.8) is 0 Å². The van der Waals surface area contributed by atoms with Gasteiger partial charge in [-0.15, -0.1) is 11.3 Å². The Labute approximate surface area is 138 Å². The molecule has 0 spiro atoms. The van der Waals surface area contributed by atoms with Gasteiger partial charge < -0.3 is 5.32 Å². The number of aryl methyl sites for hydroxylation is 1. The monoisotopic (exact) mass is 336 g/mol. The standard InChI is InChI=1S/C16H17ClN2O2S/c1-11-19-14(10-22-11)7-8-18-16(21)6-5-15(20)12-3-2-4-13(17)9-12/h2-4,9-10H,5-8H2,1H3,(H,18,21). The molecule has 1 amide bonds. The summed E-state index contributed by atoms with van der Waals surface area (Å²) in [5.74, 6) is -0.199. The Morgan fingerprint density at radius 3 is 2.82 bits per heavy atom. The third kappa shape index (κ3) is 5.24. The van der Waals surface area contributed by atoms with Crippen LogP contribution in [0.1, 0.15) is 33.9 Å². The molecule has 0 fully saturated rings. The van der Waals surface area contributed by atoms with Crippen molar-refractivity contribution >= 4 is 34.6 Å². The number of nitrogens with zero attached hydrogens (tertiary/aromatic N) is 1. The number of hydrogen-bond donors (Lipinski definition) is 1. The number of thiazole rings is 1. The summed E-state index contributed by atoms with van der Waals surface area (Å²) in [6.45, 7) is 2.49. The molecule has 2 rings (SSSR count). The highest BCUT2D eigenvalue weighted by molar-refractivity contribution is 7.09. The molecular formula is C16H17ClN2O2S. The van der Waals surface area contributed by atoms with Crippen LogP contribution in [0.3, 0.4) is 0 Å². The minimum absolute atomic E-state index is 0.0761. The topological polar surface area (TPSA) is 59.1 Å². The van der Waals surface area contributed by atoms with E-state index in [1.807, 2.05) is 12.3 Å². The number of hydrogen-bond acceptors (Lipinski definition) is 4. The highest BCUT2D eigenvalue weighted by Crippen LogP contribution is 2.13. The summed E-state index contributed by atoms with van der Waals surface area (Å²) in [6.07, 6.45) is 1.07. The second-order valence-corrected chi connectivity index (χ2v) is 6.39. The predicted molar refractivity (Wildman–Crippen MR) is 88.6 cm³/mol. The first-order chi connectivity index (χ1) is 10.5. The van der Waals surface area contributed by atoms with Crippen molar-refractivity contribution in [2.24, 2.45) is 0 Å². The fourth-order valence-electron chi connectivity index (χ4n) is 1.97. The average Bonchev–Trinajstić information content (AvgIpc) is 2.90. The van der Waals surface area contributed by atoms with Crippen molar-refractivity contribution in [1.29, 1.82) is 0 Å². The molecule has 0 atom stereocenters. The van der Waals surface area contributed by atoms with Gasteiger partial charge in [0.1, 0.15) is 0 Å². The fourth-order valence-corrected chi connectivity index (χ4v) is 2.81. The quantitative estimate of drug-likeness (QED) is 0.788. The van der Waals surface area contributed by atoms with Crippen molar-refractivity contribution in [2.75, 3.05) is 6.54 Å². The number of halogens is 1. The van der Waals surface area contributed by atoms with Crippen LogP contribution in [0, 0.1) is 6.92 Å². The zero-order chi connectivity index (χ0) is 15.9. The molecule has 6 heteroatoms. The molecule has 0 aliphatic carbocycles. The number of rotatable bonds is 7. The molecule has 1 aromatic heterocycles. The molecule has 1 aromatic carbocycles. The van der Waals surface area contributed by atoms with Gasteiger partial charge in [0, 0.05) is 41.8 Å². The van der Waals surface area contributed by atoms with Gasteiger partial charge >= 0.3 is 0 Å². The van der Waals surface area contributed by atoms with Crippen LogP contribution in [0.4, 0.5) is 0 Å². The van der Waals surface area contributed by atoms with E-state index in [1.54, 1.807) is 35.6 Å². The van der Waals surface area contributed by atoms with E-state index in [1.165, 1.54) is 0 Å². The molecule has 4 nitrogen and oxygen atoms in total. The van der Waals surface area contributed by atoms with Gasteiger partial charge in [0.2, 0.25) is 5.91 Å². The molecule has 0 aliphatic rings. The summed E-state index contributed by atoms with van der Waals surface area (Å²) in [7, 11) is 0. The van der Waals surface area contributed by atoms with Crippen molar-refractivity contribution in [1.82, 2.24) is 10.3 Å². The van der Waals surface area contributed by atoms with Crippen LogP contribution in [0.25, 0.3) is 0 Å². The largest absolute Gasteiger partial charge is 0.356 e. The smallest absolute Gasteiger partial charge is 0.220 e. The number of benzene rings is 1. The van der Waals surface area contributed by atoms with Crippen molar-refractivity contribution < 1.29 is 9.59 Å². The lowest BCUT2D eigenvalue weighted by Crippen LogP contribution is -2.26. The molecule has 1 N–H and O–H groups in total. The Balaban J connectivity index is 1.70. The highest BCUT2D eigenvalue weighted by atomic mass is 35.5. The number of ketones is 1. The van der Waals surface area contributed by atoms with Gasteiger partial charge in [0.25, 0.3) is 0 Å². The maximum absolute atomic E-state index is 12.0. The molecule has 0 saturated heterocycles. The summed E-state index contributed by atoms with van der Waals surface area (Å²) < 4.78 is 0. The summed E-state index contributed by atoms with van der Waals surface area (Å²) >= 11 is 7.44. The third-order valence-electron chi connectivity index (χ3n) is 3.10. The second-order valence-electron chi connectivity index (χ2n) is 4.89. The first kappa shape index (κ1) is 16.6. The highest BCUT2D eigenvalue weighted by Gasteiger charge is 2.09. The first-order valence-electron chi connectivity index (χ1n) is 7.01. The van der Waals surface area contributed by atoms with Crippen molar-refractivity contribution in [3.8, 4) is 0 Å². The van der Waals surface area contributed by atoms with Crippen LogP contribution in [0.2, 0.25) is 5.02 Å². The summed E-state index contributed by atoms with van der Waals surface area (Å²) in [5.41, 5.74) is 1.52. The maximum atomic E-state index is 12.0. The first-order valence-corrected chi connectivity index (χ1v) is 8.27. The lowest BCUT2D eigenvalue weighted by molar-refractivity contribution is -0.121. The van der Waals surface area contributed by atoms with Crippen LogP contribution in [-0.2, 0) is 11.2 Å². The molecule has 1 heterocycles. The maximum Gasteiger partial charge on any atom is 0.220 e. The number of amides is 1. The molecule has 0 aliphatic heterocycles. The van der Waals surface area contributed by atoms with E-state index in [-0.39, 0.29) is 24.5 Å². The van der Waals surface area contributed by atoms with Gasteiger partial charge in [-0.1, -0.05) is 23.7 Å². The third-order valence-corrected chi connectivity index (χ3v) is 4.15. The minimum Gasteiger partial charge on any atom is -0.356 e. The Hall–Kier alpha value is -1.72. The van der Waals surface area contributed by atoms with E-state index in [0.717, 1.165) is 10.7 Å². The minimum atomic E-state index is -0.123. The molecule has 116 valence electrons. The zero-order valence-corrected chi connectivity index (χ0v) is 13.8. The van der Waals surface area contributed by atoms with E-state index >= 15 is 0 Å². The lowest BCUT2D eigenvalue weighted by atomic mass is 10.1. The van der Waals surface area contributed by atoms with Gasteiger partial charge in [0.15, 0.2) is 5.78 Å². The van der Waals surface area contributed by atoms with Gasteiger partial charge in [-0.3, -0.25) is 9.59 Å². The van der Waals surface area contributed by atoms with Crippen LogP contribution < -0.4 is 5.32 Å². The Morgan fingerprint density at radius 2 is 2.14 bits per heavy atom. The number of carbonyl (C=O) groups is 2. The Morgan fingerprint density at radius 1 is 1.32 bits per heavy atom. The van der Waals surface area contributed by atoms with Gasteiger partial charge in [0.05, 0.1) is 10.7 Å².